The molecule has 0 spiro atoms. The molecule has 184 valence electrons. The average Bonchev–Trinajstić information content (AvgIpc) is 2.83. The summed E-state index contributed by atoms with van der Waals surface area (Å²) in [6, 6.07) is 13.7. The van der Waals surface area contributed by atoms with Gasteiger partial charge in [0.05, 0.1) is 13.2 Å². The molecule has 8 heteroatoms. The molecule has 2 aromatic carbocycles. The first-order valence-electron chi connectivity index (χ1n) is 11.8. The van der Waals surface area contributed by atoms with E-state index in [0.717, 1.165) is 25.0 Å². The Morgan fingerprint density at radius 1 is 0.853 bits per heavy atom. The zero-order valence-corrected chi connectivity index (χ0v) is 21.0. The second-order valence-electron chi connectivity index (χ2n) is 8.35. The molecule has 0 aliphatic rings. The number of hydrogen-bond donors (Lipinski definition) is 3. The summed E-state index contributed by atoms with van der Waals surface area (Å²) in [4.78, 5) is 24.8. The predicted octanol–water partition coefficient (Wildman–Crippen LogP) is 5.02. The van der Waals surface area contributed by atoms with Crippen LogP contribution in [0.1, 0.15) is 73.6 Å². The molecule has 7 nitrogen and oxygen atoms in total. The van der Waals surface area contributed by atoms with E-state index in [9.17, 15) is 9.59 Å². The Morgan fingerprint density at radius 3 is 2.29 bits per heavy atom. The molecule has 2 amide bonds. The van der Waals surface area contributed by atoms with Gasteiger partial charge in [-0.05, 0) is 73.4 Å². The maximum Gasteiger partial charge on any atom is 0.269 e. The highest BCUT2D eigenvalue weighted by atomic mass is 32.1. The molecular weight excluding hydrogens is 450 g/mol. The van der Waals surface area contributed by atoms with E-state index < -0.39 is 5.91 Å². The molecule has 0 saturated heterocycles. The lowest BCUT2D eigenvalue weighted by atomic mass is 10.1. The van der Waals surface area contributed by atoms with Crippen molar-refractivity contribution < 1.29 is 19.1 Å². The van der Waals surface area contributed by atoms with E-state index >= 15 is 0 Å². The van der Waals surface area contributed by atoms with Crippen LogP contribution < -0.4 is 25.6 Å². The van der Waals surface area contributed by atoms with Gasteiger partial charge in [0, 0.05) is 11.1 Å². The Balaban J connectivity index is 1.75. The summed E-state index contributed by atoms with van der Waals surface area (Å²) in [6.45, 7) is 7.67. The summed E-state index contributed by atoms with van der Waals surface area (Å²) in [5, 5.41) is 2.53. The van der Waals surface area contributed by atoms with E-state index in [1.165, 1.54) is 12.8 Å². The normalized spacial score (nSPS) is 10.5. The Kier molecular flexibility index (Phi) is 11.9. The molecular formula is C26H35N3O4S. The van der Waals surface area contributed by atoms with Crippen molar-refractivity contribution in [2.75, 3.05) is 13.2 Å². The third kappa shape index (κ3) is 10.2. The van der Waals surface area contributed by atoms with Gasteiger partial charge in [-0.25, -0.2) is 0 Å². The molecule has 0 aromatic heterocycles. The lowest BCUT2D eigenvalue weighted by molar-refractivity contribution is 0.0934. The molecule has 0 aliphatic heterocycles. The van der Waals surface area contributed by atoms with Gasteiger partial charge < -0.3 is 9.47 Å². The van der Waals surface area contributed by atoms with Crippen LogP contribution in [0.4, 0.5) is 0 Å². The number of ether oxygens (including phenoxy) is 2. The zero-order valence-electron chi connectivity index (χ0n) is 20.2. The van der Waals surface area contributed by atoms with Crippen molar-refractivity contribution in [2.24, 2.45) is 5.92 Å². The highest BCUT2D eigenvalue weighted by Crippen LogP contribution is 2.15. The molecule has 0 radical (unpaired) electrons. The van der Waals surface area contributed by atoms with Gasteiger partial charge in [0.15, 0.2) is 5.11 Å². The fraction of sp³-hybridized carbons (Fsp3) is 0.423. The van der Waals surface area contributed by atoms with Gasteiger partial charge in [-0.2, -0.15) is 0 Å². The standard InChI is InChI=1S/C26H35N3O4S/c1-4-5-6-7-16-32-22-13-11-20(12-14-22)25(31)28-29-26(34)27-24(30)21-9-8-10-23(18-21)33-17-15-19(2)3/h8-14,18-19H,4-7,15-17H2,1-3H3,(H,28,31)(H2,27,29,30,34). The Morgan fingerprint density at radius 2 is 1.59 bits per heavy atom. The first-order valence-corrected chi connectivity index (χ1v) is 12.2. The predicted molar refractivity (Wildman–Crippen MR) is 138 cm³/mol. The number of rotatable bonds is 12. The van der Waals surface area contributed by atoms with Crippen LogP contribution in [0.2, 0.25) is 0 Å². The summed E-state index contributed by atoms with van der Waals surface area (Å²) < 4.78 is 11.4. The highest BCUT2D eigenvalue weighted by Gasteiger charge is 2.11. The molecule has 34 heavy (non-hydrogen) atoms. The van der Waals surface area contributed by atoms with Gasteiger partial charge >= 0.3 is 0 Å². The van der Waals surface area contributed by atoms with Crippen LogP contribution >= 0.6 is 12.2 Å². The van der Waals surface area contributed by atoms with Crippen molar-refractivity contribution in [3.05, 3.63) is 59.7 Å². The van der Waals surface area contributed by atoms with Gasteiger partial charge in [0.1, 0.15) is 11.5 Å². The smallest absolute Gasteiger partial charge is 0.269 e. The Labute approximate surface area is 207 Å². The monoisotopic (exact) mass is 485 g/mol. The number of unbranched alkanes of at least 4 members (excludes halogenated alkanes) is 3. The van der Waals surface area contributed by atoms with E-state index in [2.05, 4.69) is 36.9 Å². The molecule has 0 saturated carbocycles. The molecule has 3 N–H and O–H groups in total. The third-order valence-electron chi connectivity index (χ3n) is 4.96. The Hall–Kier alpha value is -3.13. The largest absolute Gasteiger partial charge is 0.494 e. The highest BCUT2D eigenvalue weighted by molar-refractivity contribution is 7.80. The van der Waals surface area contributed by atoms with Crippen molar-refractivity contribution in [2.45, 2.75) is 52.9 Å². The first kappa shape index (κ1) is 27.1. The fourth-order valence-electron chi connectivity index (χ4n) is 2.95. The van der Waals surface area contributed by atoms with E-state index in [1.54, 1.807) is 48.5 Å². The molecule has 0 atom stereocenters. The van der Waals surface area contributed by atoms with Crippen LogP contribution in [0.15, 0.2) is 48.5 Å². The van der Waals surface area contributed by atoms with Crippen molar-refractivity contribution in [1.29, 1.82) is 0 Å². The zero-order chi connectivity index (χ0) is 24.8. The van der Waals surface area contributed by atoms with Crippen LogP contribution in [0.5, 0.6) is 11.5 Å². The average molecular weight is 486 g/mol. The van der Waals surface area contributed by atoms with E-state index in [-0.39, 0.29) is 11.0 Å². The van der Waals surface area contributed by atoms with Crippen LogP contribution in [-0.4, -0.2) is 30.1 Å². The minimum atomic E-state index is -0.401. The maximum atomic E-state index is 12.5. The van der Waals surface area contributed by atoms with E-state index in [4.69, 9.17) is 21.7 Å². The van der Waals surface area contributed by atoms with Crippen molar-refractivity contribution in [3.8, 4) is 11.5 Å². The minimum absolute atomic E-state index is 0.0171. The first-order chi connectivity index (χ1) is 16.4. The second kappa shape index (κ2) is 14.9. The van der Waals surface area contributed by atoms with Gasteiger partial charge in [0.2, 0.25) is 0 Å². The van der Waals surface area contributed by atoms with E-state index in [1.807, 2.05) is 0 Å². The number of benzene rings is 2. The van der Waals surface area contributed by atoms with Crippen LogP contribution in [-0.2, 0) is 0 Å². The van der Waals surface area contributed by atoms with Crippen LogP contribution in [0, 0.1) is 5.92 Å². The van der Waals surface area contributed by atoms with Crippen molar-refractivity contribution >= 4 is 29.1 Å². The molecule has 2 aromatic rings. The summed E-state index contributed by atoms with van der Waals surface area (Å²) in [7, 11) is 0. The lowest BCUT2D eigenvalue weighted by Crippen LogP contribution is -2.48. The van der Waals surface area contributed by atoms with Crippen LogP contribution in [0.25, 0.3) is 0 Å². The molecule has 0 unspecified atom stereocenters. The lowest BCUT2D eigenvalue weighted by Gasteiger charge is -2.12. The molecule has 0 fully saturated rings. The number of nitrogens with one attached hydrogen (secondary N) is 3. The maximum absolute atomic E-state index is 12.5. The molecule has 2 rings (SSSR count). The molecule has 0 heterocycles. The van der Waals surface area contributed by atoms with Crippen LogP contribution in [0.3, 0.4) is 0 Å². The topological polar surface area (TPSA) is 88.7 Å². The number of hydrazine groups is 1. The van der Waals surface area contributed by atoms with Crippen molar-refractivity contribution in [3.63, 3.8) is 0 Å². The molecule has 0 aliphatic carbocycles. The number of hydrogen-bond acceptors (Lipinski definition) is 5. The number of carbonyl (C=O) groups excluding carboxylic acids is 2. The minimum Gasteiger partial charge on any atom is -0.494 e. The fourth-order valence-corrected chi connectivity index (χ4v) is 3.10. The van der Waals surface area contributed by atoms with Gasteiger partial charge in [0.25, 0.3) is 11.8 Å². The second-order valence-corrected chi connectivity index (χ2v) is 8.76. The summed E-state index contributed by atoms with van der Waals surface area (Å²) >= 11 is 5.12. The third-order valence-corrected chi connectivity index (χ3v) is 5.16. The summed E-state index contributed by atoms with van der Waals surface area (Å²) in [6.07, 6.45) is 5.48. The summed E-state index contributed by atoms with van der Waals surface area (Å²) in [5.74, 6) is 1.10. The SMILES string of the molecule is CCCCCCOc1ccc(C(=O)NNC(=S)NC(=O)c2cccc(OCCC(C)C)c2)cc1. The van der Waals surface area contributed by atoms with E-state index in [0.29, 0.717) is 36.0 Å². The quantitative estimate of drug-likeness (QED) is 0.222. The number of amides is 2. The van der Waals surface area contributed by atoms with Gasteiger partial charge in [-0.1, -0.05) is 46.1 Å². The number of carbonyl (C=O) groups is 2. The Bertz CT molecular complexity index is 932. The van der Waals surface area contributed by atoms with Gasteiger partial charge in [-0.15, -0.1) is 0 Å². The summed E-state index contributed by atoms with van der Waals surface area (Å²) in [5.41, 5.74) is 5.87. The number of thiocarbonyl (C=S) groups is 1. The van der Waals surface area contributed by atoms with Gasteiger partial charge in [-0.3, -0.25) is 25.8 Å². The molecule has 0 bridgehead atoms. The van der Waals surface area contributed by atoms with Crippen molar-refractivity contribution in [1.82, 2.24) is 16.2 Å².